The second-order valence-corrected chi connectivity index (χ2v) is 4.75. The van der Waals surface area contributed by atoms with Crippen molar-refractivity contribution in [1.29, 1.82) is 0 Å². The highest BCUT2D eigenvalue weighted by Crippen LogP contribution is 2.27. The molecule has 0 aliphatic heterocycles. The summed E-state index contributed by atoms with van der Waals surface area (Å²) >= 11 is 0. The summed E-state index contributed by atoms with van der Waals surface area (Å²) in [5, 5.41) is 11.6. The van der Waals surface area contributed by atoms with Gasteiger partial charge in [-0.05, 0) is 5.41 Å². The Morgan fingerprint density at radius 2 is 1.82 bits per heavy atom. The van der Waals surface area contributed by atoms with E-state index in [1.54, 1.807) is 20.8 Å². The zero-order valence-corrected chi connectivity index (χ0v) is 9.97. The largest absolute Gasteiger partial charge is 0.481 e. The topological polar surface area (TPSA) is 92.2 Å². The predicted octanol–water partition coefficient (Wildman–Crippen LogP) is 1.16. The lowest BCUT2D eigenvalue weighted by Crippen LogP contribution is -2.39. The molecular formula is C11H15N3O3. The van der Waals surface area contributed by atoms with Gasteiger partial charge in [-0.1, -0.05) is 20.8 Å². The number of aliphatic carboxylic acids is 1. The van der Waals surface area contributed by atoms with Gasteiger partial charge in [-0.25, -0.2) is 9.97 Å². The number of hydrogen-bond donors (Lipinski definition) is 2. The van der Waals surface area contributed by atoms with Gasteiger partial charge in [-0.3, -0.25) is 9.59 Å². The highest BCUT2D eigenvalue weighted by Gasteiger charge is 2.37. The maximum Gasteiger partial charge on any atom is 0.316 e. The Morgan fingerprint density at radius 1 is 1.29 bits per heavy atom. The summed E-state index contributed by atoms with van der Waals surface area (Å²) in [7, 11) is 0. The van der Waals surface area contributed by atoms with E-state index in [2.05, 4.69) is 15.3 Å². The van der Waals surface area contributed by atoms with Crippen molar-refractivity contribution < 1.29 is 14.7 Å². The Morgan fingerprint density at radius 3 is 2.24 bits per heavy atom. The summed E-state index contributed by atoms with van der Waals surface area (Å²) < 4.78 is 0. The van der Waals surface area contributed by atoms with E-state index < -0.39 is 23.2 Å². The maximum absolute atomic E-state index is 11.9. The van der Waals surface area contributed by atoms with Crippen molar-refractivity contribution in [2.45, 2.75) is 20.8 Å². The first-order valence-corrected chi connectivity index (χ1v) is 5.11. The highest BCUT2D eigenvalue weighted by atomic mass is 16.4. The molecule has 17 heavy (non-hydrogen) atoms. The molecule has 1 aromatic heterocycles. The molecule has 2 N–H and O–H groups in total. The van der Waals surface area contributed by atoms with Crippen LogP contribution in [0.5, 0.6) is 0 Å². The van der Waals surface area contributed by atoms with E-state index in [9.17, 15) is 9.59 Å². The Balaban J connectivity index is 2.84. The van der Waals surface area contributed by atoms with Gasteiger partial charge in [0.2, 0.25) is 5.91 Å². The zero-order valence-electron chi connectivity index (χ0n) is 9.97. The van der Waals surface area contributed by atoms with Gasteiger partial charge in [0.25, 0.3) is 0 Å². The molecule has 1 heterocycles. The number of carboxylic acid groups (broad SMARTS) is 1. The Kier molecular flexibility index (Phi) is 3.77. The van der Waals surface area contributed by atoms with Gasteiger partial charge < -0.3 is 10.4 Å². The first-order valence-electron chi connectivity index (χ1n) is 5.11. The van der Waals surface area contributed by atoms with E-state index in [0.29, 0.717) is 5.69 Å². The average Bonchev–Trinajstić information content (AvgIpc) is 2.15. The summed E-state index contributed by atoms with van der Waals surface area (Å²) in [6, 6.07) is 0. The lowest BCUT2D eigenvalue weighted by molar-refractivity contribution is -0.149. The first kappa shape index (κ1) is 13.1. The fraction of sp³-hybridized carbons (Fsp3) is 0.455. The first-order chi connectivity index (χ1) is 7.82. The van der Waals surface area contributed by atoms with E-state index in [-0.39, 0.29) is 0 Å². The number of rotatable bonds is 3. The number of anilines is 1. The summed E-state index contributed by atoms with van der Waals surface area (Å²) in [5.41, 5.74) is -0.279. The van der Waals surface area contributed by atoms with Crippen LogP contribution < -0.4 is 5.32 Å². The molecule has 0 aliphatic carbocycles. The molecule has 1 unspecified atom stereocenters. The minimum Gasteiger partial charge on any atom is -0.481 e. The Labute approximate surface area is 99.1 Å². The maximum atomic E-state index is 11.9. The minimum absolute atomic E-state index is 0.382. The van der Waals surface area contributed by atoms with Crippen LogP contribution >= 0.6 is 0 Å². The van der Waals surface area contributed by atoms with Crippen molar-refractivity contribution in [2.75, 3.05) is 5.32 Å². The fourth-order valence-corrected chi connectivity index (χ4v) is 1.45. The van der Waals surface area contributed by atoms with Gasteiger partial charge in [0, 0.05) is 0 Å². The summed E-state index contributed by atoms with van der Waals surface area (Å²) in [4.78, 5) is 30.4. The van der Waals surface area contributed by atoms with Crippen molar-refractivity contribution in [1.82, 2.24) is 9.97 Å². The van der Waals surface area contributed by atoms with E-state index in [0.717, 1.165) is 0 Å². The van der Waals surface area contributed by atoms with Gasteiger partial charge in [0.05, 0.1) is 18.1 Å². The molecule has 0 aromatic carbocycles. The monoisotopic (exact) mass is 237 g/mol. The van der Waals surface area contributed by atoms with Crippen LogP contribution in [-0.2, 0) is 9.59 Å². The number of carbonyl (C=O) groups excluding carboxylic acids is 1. The molecule has 6 nitrogen and oxygen atoms in total. The molecule has 0 fully saturated rings. The smallest absolute Gasteiger partial charge is 0.316 e. The predicted molar refractivity (Wildman–Crippen MR) is 61.2 cm³/mol. The van der Waals surface area contributed by atoms with Crippen molar-refractivity contribution in [3.63, 3.8) is 0 Å². The van der Waals surface area contributed by atoms with Crippen LogP contribution in [0.2, 0.25) is 0 Å². The highest BCUT2D eigenvalue weighted by molar-refractivity contribution is 6.04. The fourth-order valence-electron chi connectivity index (χ4n) is 1.45. The summed E-state index contributed by atoms with van der Waals surface area (Å²) in [5.74, 6) is -2.84. The summed E-state index contributed by atoms with van der Waals surface area (Å²) in [6.07, 6.45) is 4.15. The summed E-state index contributed by atoms with van der Waals surface area (Å²) in [6.45, 7) is 5.10. The van der Waals surface area contributed by atoms with Gasteiger partial charge in [-0.2, -0.15) is 0 Å². The number of carbonyl (C=O) groups is 2. The van der Waals surface area contributed by atoms with Crippen molar-refractivity contribution in [2.24, 2.45) is 11.3 Å². The van der Waals surface area contributed by atoms with Crippen LogP contribution in [0.1, 0.15) is 20.8 Å². The minimum atomic E-state index is -1.15. The third-order valence-corrected chi connectivity index (χ3v) is 2.20. The van der Waals surface area contributed by atoms with Crippen LogP contribution in [0.4, 0.5) is 5.69 Å². The average molecular weight is 237 g/mol. The zero-order chi connectivity index (χ0) is 13.1. The number of aromatic nitrogens is 2. The number of hydrogen-bond acceptors (Lipinski definition) is 4. The molecule has 1 aromatic rings. The Bertz CT molecular complexity index is 412. The van der Waals surface area contributed by atoms with Crippen LogP contribution in [0.3, 0.4) is 0 Å². The Hall–Kier alpha value is -1.98. The molecule has 0 saturated heterocycles. The SMILES string of the molecule is CC(C)(C)C(C(=O)O)C(=O)Nc1cncnc1. The second kappa shape index (κ2) is 4.90. The van der Waals surface area contributed by atoms with Gasteiger partial charge in [0.1, 0.15) is 12.2 Å². The third-order valence-electron chi connectivity index (χ3n) is 2.20. The molecule has 0 bridgehead atoms. The molecule has 1 atom stereocenters. The normalized spacial score (nSPS) is 12.9. The van der Waals surface area contributed by atoms with E-state index in [1.807, 2.05) is 0 Å². The quantitative estimate of drug-likeness (QED) is 0.769. The van der Waals surface area contributed by atoms with E-state index >= 15 is 0 Å². The van der Waals surface area contributed by atoms with E-state index in [4.69, 9.17) is 5.11 Å². The van der Waals surface area contributed by atoms with Gasteiger partial charge in [0.15, 0.2) is 0 Å². The van der Waals surface area contributed by atoms with E-state index in [1.165, 1.54) is 18.7 Å². The number of amides is 1. The molecule has 0 saturated carbocycles. The van der Waals surface area contributed by atoms with Crippen LogP contribution in [0.15, 0.2) is 18.7 Å². The van der Waals surface area contributed by atoms with Crippen LogP contribution in [-0.4, -0.2) is 27.0 Å². The third kappa shape index (κ3) is 3.51. The standard InChI is InChI=1S/C11H15N3O3/c1-11(2,3)8(10(16)17)9(15)14-7-4-12-6-13-5-7/h4-6,8H,1-3H3,(H,14,15)(H,16,17). The van der Waals surface area contributed by atoms with Crippen molar-refractivity contribution >= 4 is 17.6 Å². The number of nitrogens with one attached hydrogen (secondary N) is 1. The molecule has 0 aliphatic rings. The second-order valence-electron chi connectivity index (χ2n) is 4.75. The van der Waals surface area contributed by atoms with Crippen LogP contribution in [0, 0.1) is 11.3 Å². The molecule has 0 radical (unpaired) electrons. The molecule has 1 rings (SSSR count). The number of carboxylic acids is 1. The molecule has 6 heteroatoms. The van der Waals surface area contributed by atoms with Crippen molar-refractivity contribution in [3.8, 4) is 0 Å². The van der Waals surface area contributed by atoms with Crippen molar-refractivity contribution in [3.05, 3.63) is 18.7 Å². The van der Waals surface area contributed by atoms with Gasteiger partial charge >= 0.3 is 5.97 Å². The van der Waals surface area contributed by atoms with Gasteiger partial charge in [-0.15, -0.1) is 0 Å². The number of nitrogens with zero attached hydrogens (tertiary/aromatic N) is 2. The van der Waals surface area contributed by atoms with Crippen LogP contribution in [0.25, 0.3) is 0 Å². The molecular weight excluding hydrogens is 222 g/mol. The molecule has 0 spiro atoms. The molecule has 92 valence electrons. The lowest BCUT2D eigenvalue weighted by Gasteiger charge is -2.25. The molecule has 1 amide bonds. The lowest BCUT2D eigenvalue weighted by atomic mass is 9.80.